The van der Waals surface area contributed by atoms with E-state index < -0.39 is 0 Å². The zero-order chi connectivity index (χ0) is 23.7. The zero-order valence-electron chi connectivity index (χ0n) is 20.3. The second-order valence-corrected chi connectivity index (χ2v) is 10.6. The number of aryl methyl sites for hydroxylation is 2. The van der Waals surface area contributed by atoms with Crippen molar-refractivity contribution in [2.24, 2.45) is 5.92 Å². The highest BCUT2D eigenvalue weighted by Crippen LogP contribution is 2.39. The molecule has 35 heavy (non-hydrogen) atoms. The summed E-state index contributed by atoms with van der Waals surface area (Å²) in [5.74, 6) is 0.101. The molecule has 3 heterocycles. The third kappa shape index (κ3) is 4.46. The quantitative estimate of drug-likeness (QED) is 0.353. The van der Waals surface area contributed by atoms with Crippen LogP contribution in [0.3, 0.4) is 0 Å². The number of piperidine rings is 3. The minimum atomic E-state index is -0.327. The largest absolute Gasteiger partial charge is 0.455 e. The summed E-state index contributed by atoms with van der Waals surface area (Å²) in [7, 11) is 0. The molecule has 3 heteroatoms. The summed E-state index contributed by atoms with van der Waals surface area (Å²) in [4.78, 5) is 13.9. The molecule has 4 aliphatic rings. The summed E-state index contributed by atoms with van der Waals surface area (Å²) in [5.41, 5.74) is 6.03. The van der Waals surface area contributed by atoms with E-state index >= 15 is 0 Å². The maximum Gasteiger partial charge on any atom is 0.318 e. The smallest absolute Gasteiger partial charge is 0.318 e. The molecule has 3 saturated heterocycles. The van der Waals surface area contributed by atoms with Crippen molar-refractivity contribution in [3.8, 4) is 0 Å². The Morgan fingerprint density at radius 2 is 1.43 bits per heavy atom. The molecule has 178 valence electrons. The Hall–Kier alpha value is -3.17. The highest BCUT2D eigenvalue weighted by Gasteiger charge is 2.47. The highest BCUT2D eigenvalue weighted by atomic mass is 16.5. The van der Waals surface area contributed by atoms with E-state index in [0.717, 1.165) is 54.4 Å². The van der Waals surface area contributed by atoms with Crippen LogP contribution < -0.4 is 0 Å². The first kappa shape index (κ1) is 22.3. The predicted octanol–water partition coefficient (Wildman–Crippen LogP) is 5.78. The second-order valence-electron chi connectivity index (χ2n) is 10.6. The molecule has 0 radical (unpaired) electrons. The molecule has 1 aliphatic carbocycles. The summed E-state index contributed by atoms with van der Waals surface area (Å²) in [6.45, 7) is 4.32. The highest BCUT2D eigenvalue weighted by molar-refractivity contribution is 5.84. The molecule has 3 nitrogen and oxygen atoms in total. The average molecular weight is 465 g/mol. The number of fused-ring (bicyclic) bond motifs is 5. The lowest BCUT2D eigenvalue weighted by atomic mass is 9.82. The Morgan fingerprint density at radius 1 is 0.829 bits per heavy atom. The lowest BCUT2D eigenvalue weighted by Gasteiger charge is -2.51. The number of quaternary nitrogens is 1. The van der Waals surface area contributed by atoms with Crippen LogP contribution in [0.5, 0.6) is 0 Å². The topological polar surface area (TPSA) is 26.3 Å². The van der Waals surface area contributed by atoms with Gasteiger partial charge in [-0.05, 0) is 46.7 Å². The van der Waals surface area contributed by atoms with Gasteiger partial charge in [-0.15, -0.1) is 0 Å². The average Bonchev–Trinajstić information content (AvgIpc) is 3.07. The van der Waals surface area contributed by atoms with Crippen LogP contribution in [0, 0.1) is 5.92 Å². The van der Waals surface area contributed by atoms with Crippen molar-refractivity contribution in [3.63, 3.8) is 0 Å². The normalized spacial score (nSPS) is 25.6. The first-order valence-electron chi connectivity index (χ1n) is 13.1. The molecule has 3 aromatic carbocycles. The molecule has 0 N–H and O–H groups in total. The van der Waals surface area contributed by atoms with Crippen molar-refractivity contribution < 1.29 is 14.0 Å². The molecule has 1 unspecified atom stereocenters. The van der Waals surface area contributed by atoms with Crippen LogP contribution in [-0.4, -0.2) is 42.7 Å². The number of hydrogen-bond acceptors (Lipinski definition) is 2. The zero-order valence-corrected chi connectivity index (χ0v) is 20.3. The van der Waals surface area contributed by atoms with E-state index in [4.69, 9.17) is 4.74 Å². The fourth-order valence-electron chi connectivity index (χ4n) is 6.58. The second kappa shape index (κ2) is 9.47. The van der Waals surface area contributed by atoms with Crippen LogP contribution in [0.1, 0.15) is 46.6 Å². The van der Waals surface area contributed by atoms with Crippen molar-refractivity contribution in [1.29, 1.82) is 0 Å². The summed E-state index contributed by atoms with van der Waals surface area (Å²) >= 11 is 0. The van der Waals surface area contributed by atoms with E-state index in [-0.39, 0.29) is 18.0 Å². The van der Waals surface area contributed by atoms with Gasteiger partial charge in [0, 0.05) is 18.8 Å². The van der Waals surface area contributed by atoms with Crippen molar-refractivity contribution in [1.82, 2.24) is 0 Å². The molecule has 0 saturated carbocycles. The molecule has 3 aliphatic heterocycles. The molecule has 0 amide bonds. The van der Waals surface area contributed by atoms with Gasteiger partial charge in [0.05, 0.1) is 19.6 Å². The number of esters is 1. The Bertz CT molecular complexity index is 1180. The molecule has 3 aromatic rings. The minimum Gasteiger partial charge on any atom is -0.455 e. The van der Waals surface area contributed by atoms with Crippen LogP contribution >= 0.6 is 0 Å². The molecule has 2 bridgehead atoms. The van der Waals surface area contributed by atoms with Crippen molar-refractivity contribution >= 4 is 12.0 Å². The SMILES string of the molecule is O=C(OC1C[N+]2(C/C=C/c3ccccc3)CCC1CC2)C1c2ccccc2CCc2ccccc21. The van der Waals surface area contributed by atoms with Gasteiger partial charge in [0.1, 0.15) is 12.5 Å². The number of nitrogens with zero attached hydrogens (tertiary/aromatic N) is 1. The molecular weight excluding hydrogens is 430 g/mol. The van der Waals surface area contributed by atoms with Crippen molar-refractivity contribution in [2.75, 3.05) is 26.2 Å². The summed E-state index contributed by atoms with van der Waals surface area (Å²) in [6, 6.07) is 27.4. The van der Waals surface area contributed by atoms with Gasteiger partial charge in [0.15, 0.2) is 6.10 Å². The number of benzene rings is 3. The summed E-state index contributed by atoms with van der Waals surface area (Å²) < 4.78 is 7.48. The van der Waals surface area contributed by atoms with Crippen LogP contribution in [0.15, 0.2) is 84.9 Å². The Morgan fingerprint density at radius 3 is 2.09 bits per heavy atom. The fourth-order valence-corrected chi connectivity index (χ4v) is 6.58. The molecule has 0 aromatic heterocycles. The molecule has 3 fully saturated rings. The summed E-state index contributed by atoms with van der Waals surface area (Å²) in [6.07, 6.45) is 8.79. The fraction of sp³-hybridized carbons (Fsp3) is 0.344. The van der Waals surface area contributed by atoms with E-state index in [1.54, 1.807) is 0 Å². The van der Waals surface area contributed by atoms with Gasteiger partial charge in [-0.3, -0.25) is 4.79 Å². The first-order valence-corrected chi connectivity index (χ1v) is 13.1. The van der Waals surface area contributed by atoms with E-state index in [1.165, 1.54) is 29.8 Å². The Kier molecular flexibility index (Phi) is 6.03. The van der Waals surface area contributed by atoms with Crippen molar-refractivity contribution in [2.45, 2.75) is 37.7 Å². The lowest BCUT2D eigenvalue weighted by molar-refractivity contribution is -0.941. The number of carbonyl (C=O) groups is 1. The van der Waals surface area contributed by atoms with E-state index in [9.17, 15) is 4.79 Å². The first-order chi connectivity index (χ1) is 17.2. The monoisotopic (exact) mass is 464 g/mol. The van der Waals surface area contributed by atoms with Crippen LogP contribution in [0.4, 0.5) is 0 Å². The predicted molar refractivity (Wildman–Crippen MR) is 140 cm³/mol. The molecule has 0 spiro atoms. The van der Waals surface area contributed by atoms with E-state index in [1.807, 2.05) is 0 Å². The standard InChI is InChI=1S/C32H34NO2/c34-32(31-28-14-6-4-12-25(28)16-17-26-13-5-7-15-29(26)31)35-30-23-33(21-18-27(30)19-22-33)20-8-11-24-9-2-1-3-10-24/h1-15,27,30-31H,16-23H2/q+1/b11-8+. The van der Waals surface area contributed by atoms with Crippen molar-refractivity contribution in [3.05, 3.63) is 113 Å². The Labute approximate surface area is 208 Å². The minimum absolute atomic E-state index is 0.0118. The number of ether oxygens (including phenoxy) is 1. The maximum absolute atomic E-state index is 13.9. The number of rotatable bonds is 5. The van der Waals surface area contributed by atoms with Gasteiger partial charge in [0.25, 0.3) is 0 Å². The van der Waals surface area contributed by atoms with Gasteiger partial charge >= 0.3 is 5.97 Å². The molecule has 1 atom stereocenters. The molecule has 7 rings (SSSR count). The molecular formula is C32H34NO2+. The number of hydrogen-bond donors (Lipinski definition) is 0. The van der Waals surface area contributed by atoms with Crippen LogP contribution in [0.25, 0.3) is 6.08 Å². The van der Waals surface area contributed by atoms with Crippen LogP contribution in [-0.2, 0) is 22.4 Å². The van der Waals surface area contributed by atoms with Crippen LogP contribution in [0.2, 0.25) is 0 Å². The van der Waals surface area contributed by atoms with Gasteiger partial charge in [0.2, 0.25) is 0 Å². The van der Waals surface area contributed by atoms with E-state index in [2.05, 4.69) is 91.0 Å². The third-order valence-electron chi connectivity index (χ3n) is 8.54. The Balaban J connectivity index is 1.22. The van der Waals surface area contributed by atoms with Gasteiger partial charge in [-0.2, -0.15) is 0 Å². The van der Waals surface area contributed by atoms with Gasteiger partial charge in [-0.25, -0.2) is 0 Å². The van der Waals surface area contributed by atoms with Gasteiger partial charge < -0.3 is 9.22 Å². The lowest BCUT2D eigenvalue weighted by Crippen LogP contribution is -2.64. The number of carbonyl (C=O) groups excluding carboxylic acids is 1. The maximum atomic E-state index is 13.9. The van der Waals surface area contributed by atoms with E-state index in [0.29, 0.717) is 5.92 Å². The third-order valence-corrected chi connectivity index (χ3v) is 8.54. The van der Waals surface area contributed by atoms with Gasteiger partial charge in [-0.1, -0.05) is 84.9 Å². The summed E-state index contributed by atoms with van der Waals surface area (Å²) in [5, 5.41) is 0.